The molecule has 0 radical (unpaired) electrons. The number of thiophene rings is 1. The van der Waals surface area contributed by atoms with Crippen molar-refractivity contribution in [2.45, 2.75) is 24.8 Å². The van der Waals surface area contributed by atoms with E-state index in [1.54, 1.807) is 11.3 Å². The van der Waals surface area contributed by atoms with E-state index < -0.39 is 5.54 Å². The molecule has 21 heavy (non-hydrogen) atoms. The predicted molar refractivity (Wildman–Crippen MR) is 85.5 cm³/mol. The van der Waals surface area contributed by atoms with Gasteiger partial charge in [-0.15, -0.1) is 11.3 Å². The summed E-state index contributed by atoms with van der Waals surface area (Å²) in [6.45, 7) is 1.76. The van der Waals surface area contributed by atoms with Crippen molar-refractivity contribution in [2.24, 2.45) is 5.73 Å². The van der Waals surface area contributed by atoms with Gasteiger partial charge in [0.05, 0.1) is 5.54 Å². The molecule has 0 bridgehead atoms. The highest BCUT2D eigenvalue weighted by molar-refractivity contribution is 7.17. The van der Waals surface area contributed by atoms with Crippen molar-refractivity contribution in [2.75, 3.05) is 19.8 Å². The highest BCUT2D eigenvalue weighted by Gasteiger charge is 2.35. The maximum absolute atomic E-state index is 12.2. The second-order valence-corrected chi connectivity index (χ2v) is 6.44. The molecule has 0 unspecified atom stereocenters. The molecule has 5 heteroatoms. The highest BCUT2D eigenvalue weighted by atomic mass is 32.1. The first-order valence-corrected chi connectivity index (χ1v) is 8.17. The van der Waals surface area contributed by atoms with Crippen LogP contribution < -0.4 is 11.1 Å². The van der Waals surface area contributed by atoms with E-state index in [-0.39, 0.29) is 5.91 Å². The molecule has 1 aromatic heterocycles. The Morgan fingerprint density at radius 1 is 1.33 bits per heavy atom. The van der Waals surface area contributed by atoms with Crippen LogP contribution in [0.3, 0.4) is 0 Å². The third-order valence-electron chi connectivity index (χ3n) is 4.08. The minimum absolute atomic E-state index is 0.0506. The van der Waals surface area contributed by atoms with Gasteiger partial charge in [-0.3, -0.25) is 4.79 Å². The Hall–Kier alpha value is -1.43. The zero-order chi connectivity index (χ0) is 14.7. The molecule has 1 saturated heterocycles. The lowest BCUT2D eigenvalue weighted by atomic mass is 9.90. The molecule has 4 nitrogen and oxygen atoms in total. The first-order chi connectivity index (χ1) is 10.2. The van der Waals surface area contributed by atoms with Gasteiger partial charge in [0.2, 0.25) is 5.91 Å². The molecule has 112 valence electrons. The summed E-state index contributed by atoms with van der Waals surface area (Å²) in [6, 6.07) is 8.35. The summed E-state index contributed by atoms with van der Waals surface area (Å²) in [4.78, 5) is 12.2. The Morgan fingerprint density at radius 2 is 2.10 bits per heavy atom. The van der Waals surface area contributed by atoms with E-state index in [0.29, 0.717) is 32.6 Å². The largest absolute Gasteiger partial charge is 0.381 e. The molecule has 2 heterocycles. The van der Waals surface area contributed by atoms with Crippen molar-refractivity contribution in [1.82, 2.24) is 5.32 Å². The fourth-order valence-electron chi connectivity index (χ4n) is 2.68. The van der Waals surface area contributed by atoms with E-state index in [0.717, 1.165) is 6.42 Å². The number of ether oxygens (including phenoxy) is 1. The van der Waals surface area contributed by atoms with Crippen LogP contribution in [0.1, 0.15) is 18.4 Å². The van der Waals surface area contributed by atoms with E-state index >= 15 is 0 Å². The number of carbonyl (C=O) groups excluding carboxylic acids is 1. The van der Waals surface area contributed by atoms with Gasteiger partial charge in [-0.05, 0) is 41.7 Å². The molecule has 3 rings (SSSR count). The topological polar surface area (TPSA) is 64.4 Å². The van der Waals surface area contributed by atoms with Gasteiger partial charge in [-0.25, -0.2) is 0 Å². The lowest BCUT2D eigenvalue weighted by molar-refractivity contribution is -0.129. The summed E-state index contributed by atoms with van der Waals surface area (Å²) in [7, 11) is 0. The van der Waals surface area contributed by atoms with Crippen LogP contribution in [-0.2, 0) is 16.0 Å². The molecular weight excluding hydrogens is 284 g/mol. The Balaban J connectivity index is 1.57. The lowest BCUT2D eigenvalue weighted by Gasteiger charge is -2.31. The number of carbonyl (C=O) groups is 1. The second-order valence-electron chi connectivity index (χ2n) is 5.53. The SMILES string of the molecule is NC1(C(=O)NCCc2csc3ccccc23)CCOCC1. The van der Waals surface area contributed by atoms with Gasteiger partial charge in [0, 0.05) is 24.5 Å². The summed E-state index contributed by atoms with van der Waals surface area (Å²) in [5.41, 5.74) is 6.69. The molecular formula is C16H20N2O2S. The molecule has 0 aliphatic carbocycles. The number of hydrogen-bond donors (Lipinski definition) is 2. The van der Waals surface area contributed by atoms with E-state index in [2.05, 4.69) is 22.8 Å². The van der Waals surface area contributed by atoms with Gasteiger partial charge >= 0.3 is 0 Å². The molecule has 1 fully saturated rings. The number of fused-ring (bicyclic) bond motifs is 1. The molecule has 1 aromatic carbocycles. The quantitative estimate of drug-likeness (QED) is 0.909. The minimum Gasteiger partial charge on any atom is -0.381 e. The van der Waals surface area contributed by atoms with Crippen molar-refractivity contribution in [3.05, 3.63) is 35.2 Å². The fourth-order valence-corrected chi connectivity index (χ4v) is 3.67. The molecule has 3 N–H and O–H groups in total. The Bertz CT molecular complexity index is 632. The van der Waals surface area contributed by atoms with Crippen molar-refractivity contribution in [1.29, 1.82) is 0 Å². The van der Waals surface area contributed by atoms with E-state index in [4.69, 9.17) is 10.5 Å². The molecule has 2 aromatic rings. The van der Waals surface area contributed by atoms with Crippen molar-refractivity contribution in [3.8, 4) is 0 Å². The van der Waals surface area contributed by atoms with Crippen LogP contribution in [0, 0.1) is 0 Å². The van der Waals surface area contributed by atoms with Crippen LogP contribution >= 0.6 is 11.3 Å². The second kappa shape index (κ2) is 6.13. The van der Waals surface area contributed by atoms with Gasteiger partial charge in [0.15, 0.2) is 0 Å². The Labute approximate surface area is 128 Å². The molecule has 1 amide bonds. The maximum atomic E-state index is 12.2. The summed E-state index contributed by atoms with van der Waals surface area (Å²) in [5.74, 6) is -0.0506. The summed E-state index contributed by atoms with van der Waals surface area (Å²) in [6.07, 6.45) is 2.03. The predicted octanol–water partition coefficient (Wildman–Crippen LogP) is 2.07. The highest BCUT2D eigenvalue weighted by Crippen LogP contribution is 2.25. The standard InChI is InChI=1S/C16H20N2O2S/c17-16(6-9-20-10-7-16)15(19)18-8-5-12-11-21-14-4-2-1-3-13(12)14/h1-4,11H,5-10,17H2,(H,18,19). The number of amides is 1. The van der Waals surface area contributed by atoms with Crippen LogP contribution in [0.15, 0.2) is 29.6 Å². The number of hydrogen-bond acceptors (Lipinski definition) is 4. The van der Waals surface area contributed by atoms with Crippen LogP contribution in [-0.4, -0.2) is 31.2 Å². The van der Waals surface area contributed by atoms with E-state index in [1.807, 2.05) is 12.1 Å². The van der Waals surface area contributed by atoms with E-state index in [1.165, 1.54) is 15.6 Å². The zero-order valence-electron chi connectivity index (χ0n) is 11.9. The first kappa shape index (κ1) is 14.5. The van der Waals surface area contributed by atoms with Crippen LogP contribution in [0.5, 0.6) is 0 Å². The molecule has 0 atom stereocenters. The maximum Gasteiger partial charge on any atom is 0.240 e. The number of rotatable bonds is 4. The van der Waals surface area contributed by atoms with Crippen LogP contribution in [0.2, 0.25) is 0 Å². The Morgan fingerprint density at radius 3 is 2.90 bits per heavy atom. The molecule has 0 saturated carbocycles. The summed E-state index contributed by atoms with van der Waals surface area (Å²) < 4.78 is 6.56. The Kier molecular flexibility index (Phi) is 4.24. The number of nitrogens with two attached hydrogens (primary N) is 1. The van der Waals surface area contributed by atoms with Crippen molar-refractivity contribution in [3.63, 3.8) is 0 Å². The van der Waals surface area contributed by atoms with E-state index in [9.17, 15) is 4.79 Å². The van der Waals surface area contributed by atoms with Crippen LogP contribution in [0.4, 0.5) is 0 Å². The van der Waals surface area contributed by atoms with Gasteiger partial charge in [-0.2, -0.15) is 0 Å². The number of nitrogens with one attached hydrogen (secondary N) is 1. The van der Waals surface area contributed by atoms with Crippen LogP contribution in [0.25, 0.3) is 10.1 Å². The first-order valence-electron chi connectivity index (χ1n) is 7.29. The zero-order valence-corrected chi connectivity index (χ0v) is 12.7. The minimum atomic E-state index is -0.755. The van der Waals surface area contributed by atoms with Gasteiger partial charge < -0.3 is 15.8 Å². The third kappa shape index (κ3) is 3.10. The molecule has 1 aliphatic heterocycles. The van der Waals surface area contributed by atoms with Gasteiger partial charge in [-0.1, -0.05) is 18.2 Å². The normalized spacial score (nSPS) is 17.8. The third-order valence-corrected chi connectivity index (χ3v) is 5.09. The average molecular weight is 304 g/mol. The molecule has 0 spiro atoms. The van der Waals surface area contributed by atoms with Gasteiger partial charge in [0.1, 0.15) is 0 Å². The van der Waals surface area contributed by atoms with Crippen molar-refractivity contribution >= 4 is 27.3 Å². The average Bonchev–Trinajstić information content (AvgIpc) is 2.91. The fraction of sp³-hybridized carbons (Fsp3) is 0.438. The summed E-state index contributed by atoms with van der Waals surface area (Å²) >= 11 is 1.75. The van der Waals surface area contributed by atoms with Gasteiger partial charge in [0.25, 0.3) is 0 Å². The summed E-state index contributed by atoms with van der Waals surface area (Å²) in [5, 5.41) is 6.43. The monoisotopic (exact) mass is 304 g/mol. The lowest BCUT2D eigenvalue weighted by Crippen LogP contribution is -2.57. The smallest absolute Gasteiger partial charge is 0.240 e. The molecule has 1 aliphatic rings. The number of benzene rings is 1. The van der Waals surface area contributed by atoms with Crippen molar-refractivity contribution < 1.29 is 9.53 Å².